The van der Waals surface area contributed by atoms with Crippen LogP contribution in [0, 0.1) is 0 Å². The fourth-order valence-corrected chi connectivity index (χ4v) is 2.17. The predicted octanol–water partition coefficient (Wildman–Crippen LogP) is 3.38. The van der Waals surface area contributed by atoms with Crippen molar-refractivity contribution >= 4 is 23.4 Å². The molecule has 0 spiro atoms. The maximum Gasteiger partial charge on any atom is 0.242 e. The van der Waals surface area contributed by atoms with Crippen molar-refractivity contribution in [1.82, 2.24) is 10.2 Å². The van der Waals surface area contributed by atoms with Crippen molar-refractivity contribution in [1.29, 1.82) is 0 Å². The average Bonchev–Trinajstić information content (AvgIpc) is 2.43. The Bertz CT molecular complexity index is 520. The molecule has 122 valence electrons. The van der Waals surface area contributed by atoms with Crippen molar-refractivity contribution in [2.45, 2.75) is 59.2 Å². The molecular weight excluding hydrogens is 300 g/mol. The number of amides is 2. The van der Waals surface area contributed by atoms with Crippen molar-refractivity contribution < 1.29 is 9.59 Å². The molecule has 1 unspecified atom stereocenters. The van der Waals surface area contributed by atoms with Crippen molar-refractivity contribution in [3.63, 3.8) is 0 Å². The van der Waals surface area contributed by atoms with Gasteiger partial charge in [0.15, 0.2) is 0 Å². The van der Waals surface area contributed by atoms with Crippen LogP contribution in [0.3, 0.4) is 0 Å². The molecule has 0 saturated carbocycles. The molecule has 4 nitrogen and oxygen atoms in total. The summed E-state index contributed by atoms with van der Waals surface area (Å²) in [6.07, 6.45) is 0.362. The summed E-state index contributed by atoms with van der Waals surface area (Å²) in [6, 6.07) is 6.78. The fraction of sp³-hybridized carbons (Fsp3) is 0.529. The zero-order valence-electron chi connectivity index (χ0n) is 13.9. The highest BCUT2D eigenvalue weighted by Crippen LogP contribution is 2.15. The van der Waals surface area contributed by atoms with E-state index in [2.05, 4.69) is 5.32 Å². The lowest BCUT2D eigenvalue weighted by atomic mass is 10.1. The summed E-state index contributed by atoms with van der Waals surface area (Å²) in [5, 5.41) is 3.57. The van der Waals surface area contributed by atoms with Gasteiger partial charge < -0.3 is 10.2 Å². The van der Waals surface area contributed by atoms with Crippen LogP contribution in [0.5, 0.6) is 0 Å². The van der Waals surface area contributed by atoms with E-state index in [4.69, 9.17) is 11.6 Å². The van der Waals surface area contributed by atoms with Crippen LogP contribution in [-0.2, 0) is 16.1 Å². The first-order valence-corrected chi connectivity index (χ1v) is 7.87. The Morgan fingerprint density at radius 3 is 2.23 bits per heavy atom. The molecule has 1 N–H and O–H groups in total. The first-order chi connectivity index (χ1) is 10.1. The van der Waals surface area contributed by atoms with Gasteiger partial charge in [0.1, 0.15) is 6.04 Å². The summed E-state index contributed by atoms with van der Waals surface area (Å²) in [4.78, 5) is 26.2. The van der Waals surface area contributed by atoms with Crippen LogP contribution in [0.4, 0.5) is 0 Å². The highest BCUT2D eigenvalue weighted by atomic mass is 35.5. The topological polar surface area (TPSA) is 49.4 Å². The number of benzene rings is 1. The number of nitrogens with zero attached hydrogens (tertiary/aromatic N) is 1. The maximum absolute atomic E-state index is 12.3. The molecule has 0 aromatic heterocycles. The highest BCUT2D eigenvalue weighted by molar-refractivity contribution is 6.30. The molecule has 1 aromatic rings. The van der Waals surface area contributed by atoms with Gasteiger partial charge in [0.25, 0.3) is 0 Å². The summed E-state index contributed by atoms with van der Waals surface area (Å²) in [5.74, 6) is -0.199. The molecule has 1 aromatic carbocycles. The molecule has 5 heteroatoms. The maximum atomic E-state index is 12.3. The lowest BCUT2D eigenvalue weighted by Crippen LogP contribution is -2.52. The molecule has 0 aliphatic rings. The van der Waals surface area contributed by atoms with Gasteiger partial charge in [-0.3, -0.25) is 9.59 Å². The Hall–Kier alpha value is -1.55. The number of rotatable bonds is 5. The second-order valence-corrected chi connectivity index (χ2v) is 6.85. The monoisotopic (exact) mass is 324 g/mol. The standard InChI is InChI=1S/C17H25ClN2O2/c1-6-15(21)20(11-13-7-9-14(18)10-8-13)12(2)16(22)19-17(3,4)5/h7-10,12H,6,11H2,1-5H3,(H,19,22). The summed E-state index contributed by atoms with van der Waals surface area (Å²) in [6.45, 7) is 9.70. The van der Waals surface area contributed by atoms with E-state index in [0.29, 0.717) is 18.0 Å². The van der Waals surface area contributed by atoms with E-state index in [1.807, 2.05) is 32.9 Å². The number of halogens is 1. The summed E-state index contributed by atoms with van der Waals surface area (Å²) < 4.78 is 0. The van der Waals surface area contributed by atoms with Crippen LogP contribution in [0.25, 0.3) is 0 Å². The van der Waals surface area contributed by atoms with Gasteiger partial charge in [0.05, 0.1) is 0 Å². The fourth-order valence-electron chi connectivity index (χ4n) is 2.05. The minimum atomic E-state index is -0.526. The Balaban J connectivity index is 2.90. The minimum Gasteiger partial charge on any atom is -0.350 e. The third-order valence-electron chi connectivity index (χ3n) is 3.23. The Kier molecular flexibility index (Phi) is 6.42. The van der Waals surface area contributed by atoms with Gasteiger partial charge >= 0.3 is 0 Å². The van der Waals surface area contributed by atoms with Gasteiger partial charge in [-0.15, -0.1) is 0 Å². The molecule has 0 saturated heterocycles. The van der Waals surface area contributed by atoms with Gasteiger partial charge in [-0.25, -0.2) is 0 Å². The van der Waals surface area contributed by atoms with Crippen molar-refractivity contribution in [2.24, 2.45) is 0 Å². The third-order valence-corrected chi connectivity index (χ3v) is 3.49. The molecule has 22 heavy (non-hydrogen) atoms. The molecule has 2 amide bonds. The smallest absolute Gasteiger partial charge is 0.242 e. The van der Waals surface area contributed by atoms with Crippen LogP contribution in [-0.4, -0.2) is 28.3 Å². The Labute approximate surface area is 137 Å². The zero-order chi connectivity index (χ0) is 16.9. The van der Waals surface area contributed by atoms with E-state index in [-0.39, 0.29) is 17.4 Å². The van der Waals surface area contributed by atoms with Gasteiger partial charge in [-0.1, -0.05) is 30.7 Å². The average molecular weight is 325 g/mol. The first-order valence-electron chi connectivity index (χ1n) is 7.50. The number of hydrogen-bond donors (Lipinski definition) is 1. The zero-order valence-corrected chi connectivity index (χ0v) is 14.7. The van der Waals surface area contributed by atoms with Gasteiger partial charge in [0, 0.05) is 23.5 Å². The quantitative estimate of drug-likeness (QED) is 0.902. The van der Waals surface area contributed by atoms with Crippen molar-refractivity contribution in [3.05, 3.63) is 34.9 Å². The Morgan fingerprint density at radius 2 is 1.77 bits per heavy atom. The normalized spacial score (nSPS) is 12.6. The third kappa shape index (κ3) is 5.68. The van der Waals surface area contributed by atoms with Crippen LogP contribution in [0.2, 0.25) is 5.02 Å². The predicted molar refractivity (Wildman–Crippen MR) is 89.7 cm³/mol. The van der Waals surface area contributed by atoms with Crippen LogP contribution in [0.1, 0.15) is 46.6 Å². The highest BCUT2D eigenvalue weighted by Gasteiger charge is 2.27. The van der Waals surface area contributed by atoms with E-state index >= 15 is 0 Å². The van der Waals surface area contributed by atoms with Gasteiger partial charge in [-0.2, -0.15) is 0 Å². The van der Waals surface area contributed by atoms with Crippen LogP contribution < -0.4 is 5.32 Å². The van der Waals surface area contributed by atoms with Crippen LogP contribution in [0.15, 0.2) is 24.3 Å². The number of carbonyl (C=O) groups excluding carboxylic acids is 2. The van der Waals surface area contributed by atoms with Crippen LogP contribution >= 0.6 is 11.6 Å². The summed E-state index contributed by atoms with van der Waals surface area (Å²) in [5.41, 5.74) is 0.619. The van der Waals surface area contributed by atoms with Crippen molar-refractivity contribution in [3.8, 4) is 0 Å². The molecule has 1 atom stereocenters. The molecule has 0 aliphatic heterocycles. The van der Waals surface area contributed by atoms with Gasteiger partial charge in [0.2, 0.25) is 11.8 Å². The molecule has 1 rings (SSSR count). The van der Waals surface area contributed by atoms with E-state index in [1.165, 1.54) is 0 Å². The molecule has 0 aliphatic carbocycles. The lowest BCUT2D eigenvalue weighted by molar-refractivity contribution is -0.141. The Morgan fingerprint density at radius 1 is 1.23 bits per heavy atom. The lowest BCUT2D eigenvalue weighted by Gasteiger charge is -2.31. The number of nitrogens with one attached hydrogen (secondary N) is 1. The van der Waals surface area contributed by atoms with E-state index in [0.717, 1.165) is 5.56 Å². The number of carbonyl (C=O) groups is 2. The molecular formula is C17H25ClN2O2. The SMILES string of the molecule is CCC(=O)N(Cc1ccc(Cl)cc1)C(C)C(=O)NC(C)(C)C. The van der Waals surface area contributed by atoms with E-state index in [1.54, 1.807) is 30.9 Å². The molecule has 0 heterocycles. The summed E-state index contributed by atoms with van der Waals surface area (Å²) >= 11 is 5.88. The van der Waals surface area contributed by atoms with E-state index < -0.39 is 6.04 Å². The number of hydrogen-bond acceptors (Lipinski definition) is 2. The van der Waals surface area contributed by atoms with Gasteiger partial charge in [-0.05, 0) is 45.4 Å². The largest absolute Gasteiger partial charge is 0.350 e. The van der Waals surface area contributed by atoms with Crippen molar-refractivity contribution in [2.75, 3.05) is 0 Å². The molecule has 0 bridgehead atoms. The second-order valence-electron chi connectivity index (χ2n) is 6.42. The summed E-state index contributed by atoms with van der Waals surface area (Å²) in [7, 11) is 0. The second kappa shape index (κ2) is 7.63. The molecule has 0 radical (unpaired) electrons. The first kappa shape index (κ1) is 18.5. The molecule has 0 fully saturated rings. The minimum absolute atomic E-state index is 0.0495. The van der Waals surface area contributed by atoms with E-state index in [9.17, 15) is 9.59 Å².